The van der Waals surface area contributed by atoms with Crippen LogP contribution in [0.25, 0.3) is 11.1 Å². The Labute approximate surface area is 187 Å². The number of anilines is 2. The first-order valence-electron chi connectivity index (χ1n) is 10.1. The molecule has 1 heterocycles. The summed E-state index contributed by atoms with van der Waals surface area (Å²) in [5.41, 5.74) is 5.25. The molecule has 2 amide bonds. The third kappa shape index (κ3) is 5.96. The van der Waals surface area contributed by atoms with Crippen molar-refractivity contribution in [3.63, 3.8) is 0 Å². The highest BCUT2D eigenvalue weighted by molar-refractivity contribution is 5.98. The van der Waals surface area contributed by atoms with Crippen LogP contribution in [-0.4, -0.2) is 29.1 Å². The molecule has 0 aliphatic heterocycles. The zero-order chi connectivity index (χ0) is 24.0. The highest BCUT2D eigenvalue weighted by Gasteiger charge is 2.15. The van der Waals surface area contributed by atoms with Gasteiger partial charge in [-0.25, -0.2) is 18.0 Å². The number of benzene rings is 2. The Hall–Kier alpha value is -3.70. The van der Waals surface area contributed by atoms with Gasteiger partial charge in [-0.3, -0.25) is 10.1 Å². The molecule has 0 spiro atoms. The Balaban J connectivity index is 1.69. The molecule has 174 valence electrons. The van der Waals surface area contributed by atoms with E-state index in [0.717, 1.165) is 6.42 Å². The minimum atomic E-state index is -1.21. The zero-order valence-electron chi connectivity index (χ0n) is 17.8. The fourth-order valence-corrected chi connectivity index (χ4v) is 2.98. The summed E-state index contributed by atoms with van der Waals surface area (Å²) in [6, 6.07) is 5.95. The van der Waals surface area contributed by atoms with Crippen LogP contribution in [0, 0.1) is 24.4 Å². The van der Waals surface area contributed by atoms with Gasteiger partial charge in [-0.05, 0) is 49.7 Å². The average Bonchev–Trinajstić information content (AvgIpc) is 2.78. The van der Waals surface area contributed by atoms with Crippen molar-refractivity contribution in [3.8, 4) is 11.1 Å². The van der Waals surface area contributed by atoms with E-state index in [1.807, 2.05) is 0 Å². The maximum Gasteiger partial charge on any atom is 0.326 e. The summed E-state index contributed by atoms with van der Waals surface area (Å²) in [5.74, 6) is -2.99. The van der Waals surface area contributed by atoms with Gasteiger partial charge in [0.1, 0.15) is 5.82 Å². The normalized spacial score (nSPS) is 10.8. The second-order valence-corrected chi connectivity index (χ2v) is 7.23. The van der Waals surface area contributed by atoms with E-state index in [9.17, 15) is 22.8 Å². The number of nitrogens with one attached hydrogen (secondary N) is 4. The predicted octanol–water partition coefficient (Wildman–Crippen LogP) is 3.25. The lowest BCUT2D eigenvalue weighted by Crippen LogP contribution is -2.24. The van der Waals surface area contributed by atoms with Crippen LogP contribution >= 0.6 is 0 Å². The van der Waals surface area contributed by atoms with Crippen molar-refractivity contribution in [1.82, 2.24) is 15.3 Å². The molecule has 11 heteroatoms. The number of rotatable bonds is 8. The van der Waals surface area contributed by atoms with Gasteiger partial charge in [-0.2, -0.15) is 4.98 Å². The number of hydrogen-bond acceptors (Lipinski definition) is 5. The Morgan fingerprint density at radius 2 is 1.91 bits per heavy atom. The van der Waals surface area contributed by atoms with Crippen LogP contribution in [0.1, 0.15) is 17.5 Å². The molecule has 0 fully saturated rings. The summed E-state index contributed by atoms with van der Waals surface area (Å²) < 4.78 is 41.9. The van der Waals surface area contributed by atoms with E-state index >= 15 is 0 Å². The summed E-state index contributed by atoms with van der Waals surface area (Å²) in [7, 11) is 0. The Morgan fingerprint density at radius 3 is 2.61 bits per heavy atom. The molecule has 2 aromatic carbocycles. The topological polar surface area (TPSA) is 125 Å². The van der Waals surface area contributed by atoms with Gasteiger partial charge in [0.2, 0.25) is 5.95 Å². The Kier molecular flexibility index (Phi) is 7.80. The van der Waals surface area contributed by atoms with Gasteiger partial charge in [-0.1, -0.05) is 18.2 Å². The van der Waals surface area contributed by atoms with E-state index in [1.165, 1.54) is 31.3 Å². The number of nitrogens with zero attached hydrogens (tertiary/aromatic N) is 1. The first kappa shape index (κ1) is 24.0. The SMILES string of the molecule is Cc1ccc(NC(=O)Nc2nc(=O)c(-c3ccc(CNCCCN)c(F)c3)c[nH]2)c(F)c1F. The number of carbonyl (C=O) groups excluding carboxylic acids is 1. The minimum Gasteiger partial charge on any atom is -0.331 e. The number of aromatic nitrogens is 2. The Bertz CT molecular complexity index is 1220. The molecule has 33 heavy (non-hydrogen) atoms. The van der Waals surface area contributed by atoms with E-state index in [2.05, 4.69) is 25.9 Å². The Morgan fingerprint density at radius 1 is 1.12 bits per heavy atom. The lowest BCUT2D eigenvalue weighted by molar-refractivity contribution is 0.262. The first-order valence-corrected chi connectivity index (χ1v) is 10.1. The van der Waals surface area contributed by atoms with Gasteiger partial charge in [0.15, 0.2) is 11.6 Å². The highest BCUT2D eigenvalue weighted by atomic mass is 19.2. The fourth-order valence-electron chi connectivity index (χ4n) is 2.98. The van der Waals surface area contributed by atoms with Crippen LogP contribution in [0.15, 0.2) is 41.3 Å². The molecule has 0 saturated heterocycles. The molecule has 0 unspecified atom stereocenters. The molecule has 0 aliphatic carbocycles. The molecule has 0 radical (unpaired) electrons. The summed E-state index contributed by atoms with van der Waals surface area (Å²) >= 11 is 0. The van der Waals surface area contributed by atoms with E-state index in [-0.39, 0.29) is 22.8 Å². The summed E-state index contributed by atoms with van der Waals surface area (Å²) in [5, 5.41) is 7.44. The smallest absolute Gasteiger partial charge is 0.326 e. The van der Waals surface area contributed by atoms with Crippen molar-refractivity contribution in [1.29, 1.82) is 0 Å². The maximum atomic E-state index is 14.4. The quantitative estimate of drug-likeness (QED) is 0.330. The van der Waals surface area contributed by atoms with Crippen LogP contribution < -0.4 is 27.2 Å². The number of urea groups is 1. The van der Waals surface area contributed by atoms with Crippen LogP contribution in [0.5, 0.6) is 0 Å². The summed E-state index contributed by atoms with van der Waals surface area (Å²) in [4.78, 5) is 30.8. The standard InChI is InChI=1S/C22H23F3N6O2/c1-12-3-6-17(19(25)18(12)24)29-22(33)31-21-28-11-15(20(32)30-21)13-4-5-14(16(23)9-13)10-27-8-2-7-26/h3-6,9,11,27H,2,7-8,10,26H2,1H3,(H3,28,29,30,31,32,33). The van der Waals surface area contributed by atoms with Gasteiger partial charge in [0.25, 0.3) is 5.56 Å². The van der Waals surface area contributed by atoms with Gasteiger partial charge < -0.3 is 21.4 Å². The molecule has 0 aliphatic rings. The minimum absolute atomic E-state index is 0.0902. The second kappa shape index (κ2) is 10.7. The zero-order valence-corrected chi connectivity index (χ0v) is 17.8. The van der Waals surface area contributed by atoms with Gasteiger partial charge in [0.05, 0.1) is 11.3 Å². The van der Waals surface area contributed by atoms with Crippen molar-refractivity contribution in [2.75, 3.05) is 23.7 Å². The van der Waals surface area contributed by atoms with Crippen LogP contribution in [0.4, 0.5) is 29.6 Å². The lowest BCUT2D eigenvalue weighted by Gasteiger charge is -2.10. The van der Waals surface area contributed by atoms with Crippen molar-refractivity contribution in [2.45, 2.75) is 19.9 Å². The molecule has 0 saturated carbocycles. The molecule has 3 rings (SSSR count). The van der Waals surface area contributed by atoms with E-state index < -0.39 is 29.0 Å². The van der Waals surface area contributed by atoms with E-state index in [0.29, 0.717) is 30.8 Å². The number of nitrogens with two attached hydrogens (primary N) is 1. The third-order valence-corrected chi connectivity index (χ3v) is 4.79. The monoisotopic (exact) mass is 460 g/mol. The molecule has 3 aromatic rings. The molecule has 6 N–H and O–H groups in total. The number of H-pyrrole nitrogens is 1. The van der Waals surface area contributed by atoms with Gasteiger partial charge in [-0.15, -0.1) is 0 Å². The summed E-state index contributed by atoms with van der Waals surface area (Å²) in [6.07, 6.45) is 2.04. The van der Waals surface area contributed by atoms with Crippen LogP contribution in [0.2, 0.25) is 0 Å². The van der Waals surface area contributed by atoms with E-state index in [4.69, 9.17) is 5.73 Å². The number of aryl methyl sites for hydroxylation is 1. The largest absolute Gasteiger partial charge is 0.331 e. The van der Waals surface area contributed by atoms with Crippen LogP contribution in [0.3, 0.4) is 0 Å². The van der Waals surface area contributed by atoms with Gasteiger partial charge in [0, 0.05) is 18.3 Å². The number of aromatic amines is 1. The van der Waals surface area contributed by atoms with Gasteiger partial charge >= 0.3 is 6.03 Å². The number of amides is 2. The van der Waals surface area contributed by atoms with Crippen LogP contribution in [-0.2, 0) is 6.54 Å². The number of carbonyl (C=O) groups is 1. The molecule has 1 aromatic heterocycles. The van der Waals surface area contributed by atoms with E-state index in [1.54, 1.807) is 12.1 Å². The highest BCUT2D eigenvalue weighted by Crippen LogP contribution is 2.21. The average molecular weight is 460 g/mol. The molecule has 8 nitrogen and oxygen atoms in total. The molecular formula is C22H23F3N6O2. The van der Waals surface area contributed by atoms with Crippen molar-refractivity contribution in [3.05, 3.63) is 75.5 Å². The maximum absolute atomic E-state index is 14.4. The van der Waals surface area contributed by atoms with Crippen molar-refractivity contribution in [2.24, 2.45) is 5.73 Å². The second-order valence-electron chi connectivity index (χ2n) is 7.23. The van der Waals surface area contributed by atoms with Crippen molar-refractivity contribution < 1.29 is 18.0 Å². The summed E-state index contributed by atoms with van der Waals surface area (Å²) in [6.45, 7) is 2.91. The third-order valence-electron chi connectivity index (χ3n) is 4.79. The lowest BCUT2D eigenvalue weighted by atomic mass is 10.1. The predicted molar refractivity (Wildman–Crippen MR) is 119 cm³/mol. The van der Waals surface area contributed by atoms with Crippen molar-refractivity contribution >= 4 is 17.7 Å². The molecule has 0 bridgehead atoms. The first-order chi connectivity index (χ1) is 15.8. The molecule has 0 atom stereocenters. The number of halogens is 3. The molecular weight excluding hydrogens is 437 g/mol. The number of hydrogen-bond donors (Lipinski definition) is 5. The fraction of sp³-hybridized carbons (Fsp3) is 0.227.